The fourth-order valence-electron chi connectivity index (χ4n) is 4.74. The molecule has 1 saturated carbocycles. The van der Waals surface area contributed by atoms with Crippen LogP contribution in [0.5, 0.6) is 0 Å². The average Bonchev–Trinajstić information content (AvgIpc) is 3.33. The molecule has 0 spiro atoms. The topological polar surface area (TPSA) is 137 Å². The Hall–Kier alpha value is -2.94. The van der Waals surface area contributed by atoms with Gasteiger partial charge in [-0.1, -0.05) is 0 Å². The van der Waals surface area contributed by atoms with Crippen LogP contribution in [-0.2, 0) is 4.79 Å². The number of aromatic nitrogens is 3. The number of nitrogens with two attached hydrogens (primary N) is 1. The first kappa shape index (κ1) is 22.3. The van der Waals surface area contributed by atoms with Gasteiger partial charge < -0.3 is 26.0 Å². The first-order valence-electron chi connectivity index (χ1n) is 11.5. The number of hydrogen-bond donors (Lipinski definition) is 4. The molecule has 3 heterocycles. The number of nitrogens with one attached hydrogen (secondary N) is 2. The van der Waals surface area contributed by atoms with E-state index in [1.807, 2.05) is 4.90 Å². The number of amides is 2. The molecule has 32 heavy (non-hydrogen) atoms. The molecule has 172 valence electrons. The number of likely N-dealkylation sites (tertiary alicyclic amines) is 1. The highest BCUT2D eigenvalue weighted by molar-refractivity contribution is 5.95. The fraction of sp³-hybridized carbons (Fsp3) is 0.565. The molecule has 4 rings (SSSR count). The van der Waals surface area contributed by atoms with Gasteiger partial charge in [0.2, 0.25) is 11.9 Å². The van der Waals surface area contributed by atoms with Crippen molar-refractivity contribution >= 4 is 17.8 Å². The Kier molecular flexibility index (Phi) is 7.04. The first-order valence-corrected chi connectivity index (χ1v) is 11.5. The number of aliphatic hydroxyl groups excluding tert-OH is 1. The van der Waals surface area contributed by atoms with Crippen molar-refractivity contribution in [2.24, 2.45) is 17.8 Å². The van der Waals surface area contributed by atoms with E-state index in [-0.39, 0.29) is 30.3 Å². The van der Waals surface area contributed by atoms with Gasteiger partial charge >= 0.3 is 0 Å². The molecule has 2 fully saturated rings. The minimum atomic E-state index is -0.125. The standard InChI is InChI=1S/C23H32N6O3/c24-23-25-8-5-19(28-23)20-11-18(13-26-20)21(31)27-12-15-1-3-17(4-2-15)22(32)29-9-6-16(14-30)7-10-29/h5,8,11,13,15-17,26,30H,1-4,6-7,9-10,12,14H2,(H,27,31)(H2,24,25,28). The quantitative estimate of drug-likeness (QED) is 0.541. The number of aromatic amines is 1. The molecule has 1 aliphatic heterocycles. The van der Waals surface area contributed by atoms with E-state index in [1.165, 1.54) is 0 Å². The summed E-state index contributed by atoms with van der Waals surface area (Å²) in [5.74, 6) is 1.16. The molecular formula is C23H32N6O3. The van der Waals surface area contributed by atoms with E-state index in [9.17, 15) is 14.7 Å². The lowest BCUT2D eigenvalue weighted by molar-refractivity contribution is -0.138. The van der Waals surface area contributed by atoms with Crippen molar-refractivity contribution in [1.82, 2.24) is 25.2 Å². The number of carbonyl (C=O) groups is 2. The van der Waals surface area contributed by atoms with E-state index >= 15 is 0 Å². The number of anilines is 1. The highest BCUT2D eigenvalue weighted by Crippen LogP contribution is 2.31. The van der Waals surface area contributed by atoms with Crippen molar-refractivity contribution in [1.29, 1.82) is 0 Å². The van der Waals surface area contributed by atoms with Gasteiger partial charge in [0.25, 0.3) is 5.91 Å². The van der Waals surface area contributed by atoms with E-state index in [0.29, 0.717) is 35.3 Å². The van der Waals surface area contributed by atoms with Gasteiger partial charge in [0.05, 0.1) is 17.0 Å². The zero-order valence-electron chi connectivity index (χ0n) is 18.3. The third-order valence-corrected chi connectivity index (χ3v) is 6.83. The van der Waals surface area contributed by atoms with E-state index in [4.69, 9.17) is 5.73 Å². The molecule has 0 unspecified atom stereocenters. The van der Waals surface area contributed by atoms with E-state index in [0.717, 1.165) is 51.6 Å². The number of nitrogens with zero attached hydrogens (tertiary/aromatic N) is 3. The minimum absolute atomic E-state index is 0.0974. The number of H-pyrrole nitrogens is 1. The molecular weight excluding hydrogens is 408 g/mol. The van der Waals surface area contributed by atoms with Gasteiger partial charge in [-0.15, -0.1) is 0 Å². The van der Waals surface area contributed by atoms with Gasteiger partial charge in [0.1, 0.15) is 0 Å². The average molecular weight is 441 g/mol. The first-order chi connectivity index (χ1) is 15.5. The summed E-state index contributed by atoms with van der Waals surface area (Å²) in [4.78, 5) is 38.5. The van der Waals surface area contributed by atoms with Crippen molar-refractivity contribution < 1.29 is 14.7 Å². The van der Waals surface area contributed by atoms with Crippen LogP contribution in [0.1, 0.15) is 48.9 Å². The lowest BCUT2D eigenvalue weighted by atomic mass is 9.81. The van der Waals surface area contributed by atoms with Crippen LogP contribution >= 0.6 is 0 Å². The summed E-state index contributed by atoms with van der Waals surface area (Å²) in [6.45, 7) is 2.36. The maximum Gasteiger partial charge on any atom is 0.252 e. The second-order valence-corrected chi connectivity index (χ2v) is 8.98. The van der Waals surface area contributed by atoms with E-state index in [1.54, 1.807) is 24.5 Å². The normalized spacial score (nSPS) is 22.0. The summed E-state index contributed by atoms with van der Waals surface area (Å²) >= 11 is 0. The molecule has 2 aromatic rings. The maximum atomic E-state index is 12.8. The molecule has 1 aliphatic carbocycles. The highest BCUT2D eigenvalue weighted by Gasteiger charge is 2.31. The largest absolute Gasteiger partial charge is 0.396 e. The van der Waals surface area contributed by atoms with Crippen molar-refractivity contribution in [3.8, 4) is 11.4 Å². The van der Waals surface area contributed by atoms with Crippen LogP contribution in [-0.4, -0.2) is 63.0 Å². The fourth-order valence-corrected chi connectivity index (χ4v) is 4.74. The Morgan fingerprint density at radius 1 is 1.16 bits per heavy atom. The second kappa shape index (κ2) is 10.1. The van der Waals surface area contributed by atoms with Crippen LogP contribution in [0.25, 0.3) is 11.4 Å². The number of carbonyl (C=O) groups excluding carboxylic acids is 2. The van der Waals surface area contributed by atoms with Gasteiger partial charge in [-0.05, 0) is 62.5 Å². The third kappa shape index (κ3) is 5.27. The molecule has 0 atom stereocenters. The smallest absolute Gasteiger partial charge is 0.252 e. The molecule has 9 heteroatoms. The Morgan fingerprint density at radius 2 is 1.91 bits per heavy atom. The Labute approximate surface area is 187 Å². The Bertz CT molecular complexity index is 929. The molecule has 2 aromatic heterocycles. The predicted molar refractivity (Wildman–Crippen MR) is 120 cm³/mol. The molecule has 1 saturated heterocycles. The molecule has 0 bridgehead atoms. The molecule has 0 radical (unpaired) electrons. The summed E-state index contributed by atoms with van der Waals surface area (Å²) < 4.78 is 0. The van der Waals surface area contributed by atoms with E-state index in [2.05, 4.69) is 20.3 Å². The van der Waals surface area contributed by atoms with Gasteiger partial charge in [0.15, 0.2) is 0 Å². The zero-order chi connectivity index (χ0) is 22.5. The van der Waals surface area contributed by atoms with Crippen molar-refractivity contribution in [2.45, 2.75) is 38.5 Å². The van der Waals surface area contributed by atoms with Crippen LogP contribution in [0.3, 0.4) is 0 Å². The molecule has 2 amide bonds. The van der Waals surface area contributed by atoms with Crippen LogP contribution in [0.15, 0.2) is 24.5 Å². The predicted octanol–water partition coefficient (Wildman–Crippen LogP) is 1.82. The maximum absolute atomic E-state index is 12.8. The highest BCUT2D eigenvalue weighted by atomic mass is 16.3. The van der Waals surface area contributed by atoms with Crippen molar-refractivity contribution in [3.63, 3.8) is 0 Å². The molecule has 0 aromatic carbocycles. The summed E-state index contributed by atoms with van der Waals surface area (Å²) in [7, 11) is 0. The number of rotatable bonds is 6. The molecule has 9 nitrogen and oxygen atoms in total. The Balaban J connectivity index is 1.21. The Morgan fingerprint density at radius 3 is 2.59 bits per heavy atom. The number of hydrogen-bond acceptors (Lipinski definition) is 6. The van der Waals surface area contributed by atoms with Gasteiger partial charge in [0, 0.05) is 44.6 Å². The minimum Gasteiger partial charge on any atom is -0.396 e. The van der Waals surface area contributed by atoms with Crippen LogP contribution in [0.2, 0.25) is 0 Å². The number of nitrogen functional groups attached to an aromatic ring is 1. The number of piperidine rings is 1. The van der Waals surface area contributed by atoms with Crippen LogP contribution in [0, 0.1) is 17.8 Å². The van der Waals surface area contributed by atoms with Gasteiger partial charge in [-0.2, -0.15) is 0 Å². The van der Waals surface area contributed by atoms with Crippen molar-refractivity contribution in [3.05, 3.63) is 30.1 Å². The summed E-state index contributed by atoms with van der Waals surface area (Å²) in [6, 6.07) is 3.49. The van der Waals surface area contributed by atoms with Crippen LogP contribution in [0.4, 0.5) is 5.95 Å². The van der Waals surface area contributed by atoms with Crippen molar-refractivity contribution in [2.75, 3.05) is 32.0 Å². The summed E-state index contributed by atoms with van der Waals surface area (Å²) in [5.41, 5.74) is 7.53. The summed E-state index contributed by atoms with van der Waals surface area (Å²) in [5, 5.41) is 12.3. The number of aliphatic hydroxyl groups is 1. The summed E-state index contributed by atoms with van der Waals surface area (Å²) in [6.07, 6.45) is 8.69. The van der Waals surface area contributed by atoms with Gasteiger partial charge in [-0.25, -0.2) is 9.97 Å². The van der Waals surface area contributed by atoms with E-state index < -0.39 is 0 Å². The molecule has 2 aliphatic rings. The lowest BCUT2D eigenvalue weighted by Gasteiger charge is -2.36. The SMILES string of the molecule is Nc1nccc(-c2cc(C(=O)NCC3CCC(C(=O)N4CCC(CO)CC4)CC3)c[nH]2)n1. The molecule has 5 N–H and O–H groups in total. The lowest BCUT2D eigenvalue weighted by Crippen LogP contribution is -2.43. The second-order valence-electron chi connectivity index (χ2n) is 8.98. The van der Waals surface area contributed by atoms with Crippen LogP contribution < -0.4 is 11.1 Å². The van der Waals surface area contributed by atoms with Gasteiger partial charge in [-0.3, -0.25) is 9.59 Å². The zero-order valence-corrected chi connectivity index (χ0v) is 18.3. The third-order valence-electron chi connectivity index (χ3n) is 6.83. The monoisotopic (exact) mass is 440 g/mol.